The molecule has 82 valence electrons. The van der Waals surface area contributed by atoms with Gasteiger partial charge in [-0.25, -0.2) is 0 Å². The van der Waals surface area contributed by atoms with Gasteiger partial charge in [-0.05, 0) is 11.5 Å². The Kier molecular flexibility index (Phi) is 2.94. The molecule has 1 fully saturated rings. The molecule has 1 saturated heterocycles. The van der Waals surface area contributed by atoms with Gasteiger partial charge in [0.1, 0.15) is 0 Å². The van der Waals surface area contributed by atoms with E-state index in [1.165, 1.54) is 4.90 Å². The molecule has 0 bridgehead atoms. The van der Waals surface area contributed by atoms with Crippen LogP contribution >= 0.6 is 11.5 Å². The summed E-state index contributed by atoms with van der Waals surface area (Å²) < 4.78 is 3.64. The molecule has 2 rings (SSSR count). The Morgan fingerprint density at radius 3 is 3.07 bits per heavy atom. The summed E-state index contributed by atoms with van der Waals surface area (Å²) in [7, 11) is 1.67. The van der Waals surface area contributed by atoms with E-state index in [1.807, 2.05) is 0 Å². The zero-order valence-corrected chi connectivity index (χ0v) is 9.07. The second kappa shape index (κ2) is 4.21. The van der Waals surface area contributed by atoms with Gasteiger partial charge in [0.2, 0.25) is 0 Å². The minimum Gasteiger partial charge on any atom is -0.390 e. The van der Waals surface area contributed by atoms with Crippen LogP contribution in [0.25, 0.3) is 0 Å². The van der Waals surface area contributed by atoms with Gasteiger partial charge in [0, 0.05) is 25.5 Å². The van der Waals surface area contributed by atoms with Crippen molar-refractivity contribution in [2.24, 2.45) is 0 Å². The van der Waals surface area contributed by atoms with Crippen LogP contribution in [0.4, 0.5) is 0 Å². The summed E-state index contributed by atoms with van der Waals surface area (Å²) in [6.07, 6.45) is -0.509. The minimum atomic E-state index is -0.509. The molecule has 1 amide bonds. The fourth-order valence-electron chi connectivity index (χ4n) is 1.64. The van der Waals surface area contributed by atoms with Crippen molar-refractivity contribution >= 4 is 17.4 Å². The molecule has 1 aliphatic heterocycles. The van der Waals surface area contributed by atoms with Crippen molar-refractivity contribution in [3.63, 3.8) is 0 Å². The van der Waals surface area contributed by atoms with Crippen molar-refractivity contribution in [1.82, 2.24) is 19.8 Å². The standard InChI is InChI=1S/C8H12N4O2S/c1-12(6-2-9-3-7(6)13)8(14)5-4-15-11-10-5/h4,6-7,9,13H,2-3H2,1H3/t6-,7-/m1/s1. The zero-order valence-electron chi connectivity index (χ0n) is 8.25. The summed E-state index contributed by atoms with van der Waals surface area (Å²) in [4.78, 5) is 13.3. The summed E-state index contributed by atoms with van der Waals surface area (Å²) in [6, 6.07) is -0.181. The molecule has 7 heteroatoms. The molecule has 0 aromatic carbocycles. The van der Waals surface area contributed by atoms with Crippen molar-refractivity contribution in [3.05, 3.63) is 11.1 Å². The van der Waals surface area contributed by atoms with Gasteiger partial charge in [-0.15, -0.1) is 5.10 Å². The highest BCUT2D eigenvalue weighted by Gasteiger charge is 2.32. The second-order valence-corrected chi connectivity index (χ2v) is 4.11. The van der Waals surface area contributed by atoms with Gasteiger partial charge in [-0.1, -0.05) is 4.49 Å². The smallest absolute Gasteiger partial charge is 0.275 e. The lowest BCUT2D eigenvalue weighted by molar-refractivity contribution is 0.0576. The SMILES string of the molecule is CN(C(=O)c1csnn1)[C@@H]1CNC[C@H]1O. The van der Waals surface area contributed by atoms with Crippen LogP contribution in [0.2, 0.25) is 0 Å². The van der Waals surface area contributed by atoms with Gasteiger partial charge in [0.05, 0.1) is 12.1 Å². The number of carbonyl (C=O) groups is 1. The Morgan fingerprint density at radius 2 is 2.53 bits per heavy atom. The summed E-state index contributed by atoms with van der Waals surface area (Å²) in [5, 5.41) is 18.0. The molecule has 0 saturated carbocycles. The average Bonchev–Trinajstić information content (AvgIpc) is 2.85. The van der Waals surface area contributed by atoms with Gasteiger partial charge in [0.15, 0.2) is 5.69 Å². The third-order valence-corrected chi connectivity index (χ3v) is 3.05. The normalized spacial score (nSPS) is 25.5. The molecule has 0 radical (unpaired) electrons. The Bertz CT molecular complexity index is 342. The van der Waals surface area contributed by atoms with E-state index in [9.17, 15) is 9.90 Å². The Morgan fingerprint density at radius 1 is 1.73 bits per heavy atom. The Labute approximate surface area is 91.1 Å². The van der Waals surface area contributed by atoms with Crippen molar-refractivity contribution in [2.75, 3.05) is 20.1 Å². The number of nitrogens with one attached hydrogen (secondary N) is 1. The van der Waals surface area contributed by atoms with Crippen LogP contribution in [-0.4, -0.2) is 57.8 Å². The van der Waals surface area contributed by atoms with Gasteiger partial charge in [0.25, 0.3) is 5.91 Å². The van der Waals surface area contributed by atoms with E-state index in [4.69, 9.17) is 0 Å². The lowest BCUT2D eigenvalue weighted by atomic mass is 10.2. The fourth-order valence-corrected chi connectivity index (χ4v) is 2.07. The predicted molar refractivity (Wildman–Crippen MR) is 54.7 cm³/mol. The molecule has 2 heterocycles. The maximum atomic E-state index is 11.8. The minimum absolute atomic E-state index is 0.181. The molecular weight excluding hydrogens is 216 g/mol. The van der Waals surface area contributed by atoms with Crippen molar-refractivity contribution in [2.45, 2.75) is 12.1 Å². The van der Waals surface area contributed by atoms with Crippen LogP contribution in [-0.2, 0) is 0 Å². The molecule has 6 nitrogen and oxygen atoms in total. The number of nitrogens with zero attached hydrogens (tertiary/aromatic N) is 3. The quantitative estimate of drug-likeness (QED) is 0.675. The summed E-state index contributed by atoms with van der Waals surface area (Å²) in [5.41, 5.74) is 0.335. The van der Waals surface area contributed by atoms with Crippen LogP contribution in [0.1, 0.15) is 10.5 Å². The van der Waals surface area contributed by atoms with Gasteiger partial charge in [-0.3, -0.25) is 4.79 Å². The third-order valence-electron chi connectivity index (χ3n) is 2.55. The van der Waals surface area contributed by atoms with Crippen molar-refractivity contribution in [3.8, 4) is 0 Å². The molecule has 0 aliphatic carbocycles. The number of aliphatic hydroxyl groups excluding tert-OH is 1. The predicted octanol–water partition coefficient (Wildman–Crippen LogP) is -1.06. The second-order valence-electron chi connectivity index (χ2n) is 3.50. The number of rotatable bonds is 2. The number of hydrogen-bond acceptors (Lipinski definition) is 6. The number of amides is 1. The van der Waals surface area contributed by atoms with Crippen LogP contribution in [0.5, 0.6) is 0 Å². The van der Waals surface area contributed by atoms with E-state index >= 15 is 0 Å². The first-order valence-electron chi connectivity index (χ1n) is 4.63. The number of β-amino-alcohol motifs (C(OH)–C–C–N with tert-alkyl or cyclic N) is 1. The third kappa shape index (κ3) is 1.99. The molecule has 1 aromatic rings. The highest BCUT2D eigenvalue weighted by molar-refractivity contribution is 7.03. The molecule has 2 N–H and O–H groups in total. The van der Waals surface area contributed by atoms with Crippen molar-refractivity contribution in [1.29, 1.82) is 0 Å². The van der Waals surface area contributed by atoms with E-state index in [0.29, 0.717) is 18.8 Å². The highest BCUT2D eigenvalue weighted by atomic mass is 32.1. The van der Waals surface area contributed by atoms with E-state index in [1.54, 1.807) is 12.4 Å². The lowest BCUT2D eigenvalue weighted by Crippen LogP contribution is -2.44. The van der Waals surface area contributed by atoms with E-state index in [2.05, 4.69) is 14.9 Å². The first-order chi connectivity index (χ1) is 7.20. The Hall–Kier alpha value is -1.05. The molecule has 1 aliphatic rings. The molecular formula is C8H12N4O2S. The topological polar surface area (TPSA) is 78.4 Å². The van der Waals surface area contributed by atoms with Gasteiger partial charge >= 0.3 is 0 Å². The summed E-state index contributed by atoms with van der Waals surface area (Å²) >= 11 is 1.14. The maximum Gasteiger partial charge on any atom is 0.275 e. The lowest BCUT2D eigenvalue weighted by Gasteiger charge is -2.25. The highest BCUT2D eigenvalue weighted by Crippen LogP contribution is 2.11. The molecule has 0 unspecified atom stereocenters. The molecule has 2 atom stereocenters. The van der Waals surface area contributed by atoms with Gasteiger partial charge in [-0.2, -0.15) is 0 Å². The van der Waals surface area contributed by atoms with Gasteiger partial charge < -0.3 is 15.3 Å². The van der Waals surface area contributed by atoms with Crippen LogP contribution in [0, 0.1) is 0 Å². The number of hydrogen-bond donors (Lipinski definition) is 2. The molecule has 0 spiro atoms. The number of aliphatic hydroxyl groups is 1. The largest absolute Gasteiger partial charge is 0.390 e. The number of likely N-dealkylation sites (N-methyl/N-ethyl adjacent to an activating group) is 1. The number of aromatic nitrogens is 2. The first-order valence-corrected chi connectivity index (χ1v) is 5.47. The number of carbonyl (C=O) groups excluding carboxylic acids is 1. The van der Waals surface area contributed by atoms with E-state index in [0.717, 1.165) is 11.5 Å². The van der Waals surface area contributed by atoms with E-state index in [-0.39, 0.29) is 11.9 Å². The Balaban J connectivity index is 2.07. The summed E-state index contributed by atoms with van der Waals surface area (Å²) in [6.45, 7) is 1.14. The maximum absolute atomic E-state index is 11.8. The van der Waals surface area contributed by atoms with Crippen LogP contribution < -0.4 is 5.32 Å². The first kappa shape index (κ1) is 10.5. The van der Waals surface area contributed by atoms with Crippen LogP contribution in [0.3, 0.4) is 0 Å². The van der Waals surface area contributed by atoms with Crippen LogP contribution in [0.15, 0.2) is 5.38 Å². The molecule has 1 aromatic heterocycles. The fraction of sp³-hybridized carbons (Fsp3) is 0.625. The summed E-state index contributed by atoms with van der Waals surface area (Å²) in [5.74, 6) is -0.198. The van der Waals surface area contributed by atoms with E-state index < -0.39 is 6.10 Å². The average molecular weight is 228 g/mol. The monoisotopic (exact) mass is 228 g/mol. The zero-order chi connectivity index (χ0) is 10.8. The molecule has 15 heavy (non-hydrogen) atoms. The van der Waals surface area contributed by atoms with Crippen molar-refractivity contribution < 1.29 is 9.90 Å².